The monoisotopic (exact) mass is 943 g/mol. The van der Waals surface area contributed by atoms with Crippen LogP contribution in [0.3, 0.4) is 0 Å². The maximum atomic E-state index is 12.9. The Morgan fingerprint density at radius 1 is 0.623 bits per heavy atom. The number of aromatic nitrogens is 6. The third kappa shape index (κ3) is 11.1. The molecule has 6 aromatic rings. The first kappa shape index (κ1) is 47.9. The van der Waals surface area contributed by atoms with Gasteiger partial charge in [-0.1, -0.05) is 12.8 Å². The number of carbonyl (C=O) groups excluding carboxylic acids is 5. The number of rotatable bonds is 7. The number of likely N-dealkylation sites (tertiary alicyclic amines) is 3. The van der Waals surface area contributed by atoms with Gasteiger partial charge in [0.05, 0.1) is 16.8 Å². The number of piperidine rings is 2. The molecule has 1 aliphatic carbocycles. The smallest absolute Gasteiger partial charge is 0.344 e. The second-order valence-electron chi connectivity index (χ2n) is 18.5. The number of nitrogens with one attached hydrogen (secondary N) is 4. The van der Waals surface area contributed by atoms with Gasteiger partial charge in [0.25, 0.3) is 0 Å². The van der Waals surface area contributed by atoms with E-state index in [0.717, 1.165) is 92.2 Å². The number of fused-ring (bicyclic) bond motifs is 2. The minimum Gasteiger partial charge on any atom is -0.478 e. The molecule has 3 aliphatic heterocycles. The van der Waals surface area contributed by atoms with Gasteiger partial charge in [0, 0.05) is 104 Å². The zero-order valence-electron chi connectivity index (χ0n) is 38.7. The number of carboxylic acids is 2. The van der Waals surface area contributed by atoms with Crippen molar-refractivity contribution in [3.8, 4) is 0 Å². The third-order valence-electron chi connectivity index (χ3n) is 13.9. The standard InChI is InChI=1S/C24H28N6O4.C15H22N4O2.C10H7NO3/c1-16(31)25-21-5-10-30(27-21)23(34)28-11-7-24(8-12-28)6-2-9-29(24)15-19-14-18-13-17(22(32)33)3-4-20(18)26-19;1-12(20)16-13-4-9-19(17-13)14(21)18-10-7-15(8-11-18)5-2-3-6-15;12-5-8-4-7-3-6(10(13)14)1-2-9(7)11-8/h3-5,10,13-14,26H,2,6-9,11-12,15H2,1H3,(H,32,33)(H,25,27,31);4,9H,2-3,5-8,10-11H2,1H3,(H,16,17,20);1-5,11H,(H,13,14). The summed E-state index contributed by atoms with van der Waals surface area (Å²) in [5.41, 5.74) is 4.28. The Morgan fingerprint density at radius 3 is 1.64 bits per heavy atom. The average molecular weight is 944 g/mol. The number of amides is 4. The number of carbonyl (C=O) groups is 7. The number of anilines is 2. The summed E-state index contributed by atoms with van der Waals surface area (Å²) < 4.78 is 2.60. The van der Waals surface area contributed by atoms with Gasteiger partial charge in [0.2, 0.25) is 11.8 Å². The van der Waals surface area contributed by atoms with Gasteiger partial charge in [-0.25, -0.2) is 19.2 Å². The number of carboxylic acid groups (broad SMARTS) is 2. The molecule has 2 spiro atoms. The van der Waals surface area contributed by atoms with Gasteiger partial charge >= 0.3 is 24.0 Å². The van der Waals surface area contributed by atoms with Gasteiger partial charge in [-0.05, 0) is 112 Å². The van der Waals surface area contributed by atoms with Gasteiger partial charge in [0.15, 0.2) is 17.9 Å². The van der Waals surface area contributed by atoms with Crippen molar-refractivity contribution in [1.29, 1.82) is 0 Å². The van der Waals surface area contributed by atoms with Gasteiger partial charge in [-0.2, -0.15) is 9.36 Å². The molecule has 3 saturated heterocycles. The van der Waals surface area contributed by atoms with Crippen LogP contribution in [0.4, 0.5) is 21.2 Å². The number of aldehydes is 1. The van der Waals surface area contributed by atoms with Gasteiger partial charge in [0.1, 0.15) is 0 Å². The Bertz CT molecular complexity index is 2890. The zero-order valence-corrected chi connectivity index (χ0v) is 38.7. The van der Waals surface area contributed by atoms with E-state index in [1.807, 2.05) is 21.9 Å². The number of aromatic amines is 2. The highest BCUT2D eigenvalue weighted by molar-refractivity contribution is 5.96. The Hall–Kier alpha value is -7.61. The first-order valence-corrected chi connectivity index (χ1v) is 23.3. The van der Waals surface area contributed by atoms with E-state index < -0.39 is 11.9 Å². The summed E-state index contributed by atoms with van der Waals surface area (Å²) >= 11 is 0. The fourth-order valence-electron chi connectivity index (χ4n) is 10.3. The van der Waals surface area contributed by atoms with Gasteiger partial charge in [-0.15, -0.1) is 10.2 Å². The van der Waals surface area contributed by atoms with Crippen LogP contribution in [-0.4, -0.2) is 135 Å². The summed E-state index contributed by atoms with van der Waals surface area (Å²) in [6.07, 6.45) is 15.4. The Kier molecular flexibility index (Phi) is 14.1. The molecule has 0 bridgehead atoms. The summed E-state index contributed by atoms with van der Waals surface area (Å²) in [5.74, 6) is -1.53. The number of hydrogen-bond donors (Lipinski definition) is 6. The van der Waals surface area contributed by atoms with E-state index in [2.05, 4.69) is 35.7 Å². The van der Waals surface area contributed by atoms with Crippen molar-refractivity contribution in [2.75, 3.05) is 43.4 Å². The summed E-state index contributed by atoms with van der Waals surface area (Å²) in [6, 6.07) is 16.4. The van der Waals surface area contributed by atoms with Crippen molar-refractivity contribution in [2.24, 2.45) is 5.41 Å². The highest BCUT2D eigenvalue weighted by atomic mass is 16.4. The van der Waals surface area contributed by atoms with Crippen molar-refractivity contribution in [3.05, 3.63) is 95.6 Å². The molecule has 20 heteroatoms. The number of benzene rings is 2. The van der Waals surface area contributed by atoms with E-state index >= 15 is 0 Å². The van der Waals surface area contributed by atoms with Crippen LogP contribution in [0.15, 0.2) is 73.1 Å². The molecule has 0 unspecified atom stereocenters. The zero-order chi connectivity index (χ0) is 48.9. The van der Waals surface area contributed by atoms with E-state index in [1.54, 1.807) is 48.8 Å². The lowest BCUT2D eigenvalue weighted by atomic mass is 9.77. The molecule has 4 aliphatic rings. The van der Waals surface area contributed by atoms with Crippen LogP contribution in [0, 0.1) is 5.41 Å². The summed E-state index contributed by atoms with van der Waals surface area (Å²) in [6.45, 7) is 7.53. The highest BCUT2D eigenvalue weighted by Crippen LogP contribution is 2.46. The Labute approximate surface area is 397 Å². The van der Waals surface area contributed by atoms with Crippen LogP contribution < -0.4 is 10.6 Å². The minimum absolute atomic E-state index is 0.0613. The molecule has 20 nitrogen and oxygen atoms in total. The predicted molar refractivity (Wildman–Crippen MR) is 255 cm³/mol. The molecule has 7 heterocycles. The van der Waals surface area contributed by atoms with Crippen LogP contribution in [0.25, 0.3) is 21.8 Å². The van der Waals surface area contributed by atoms with Crippen molar-refractivity contribution in [2.45, 2.75) is 90.1 Å². The predicted octanol–water partition coefficient (Wildman–Crippen LogP) is 7.26. The summed E-state index contributed by atoms with van der Waals surface area (Å²) in [4.78, 5) is 92.4. The summed E-state index contributed by atoms with van der Waals surface area (Å²) in [5, 5.41) is 33.1. The molecule has 1 saturated carbocycles. The van der Waals surface area contributed by atoms with Gasteiger partial charge < -0.3 is 40.6 Å². The number of H-pyrrole nitrogens is 2. The lowest BCUT2D eigenvalue weighted by Gasteiger charge is -2.44. The number of aromatic carboxylic acids is 2. The van der Waals surface area contributed by atoms with E-state index in [1.165, 1.54) is 61.0 Å². The number of hydrogen-bond acceptors (Lipinski definition) is 10. The topological polar surface area (TPSA) is 261 Å². The molecule has 4 amide bonds. The SMILES string of the molecule is CC(=O)Nc1ccn(C(=O)N2CCC3(CCCC3)CC2)n1.CC(=O)Nc1ccn(C(=O)N2CCC3(CCCN3Cc3cc4cc(C(=O)O)ccc4[nH]3)CC2)n1.O=Cc1cc2cc(C(=O)O)ccc2[nH]1. The maximum Gasteiger partial charge on any atom is 0.344 e. The maximum absolute atomic E-state index is 12.9. The Morgan fingerprint density at radius 2 is 1.13 bits per heavy atom. The van der Waals surface area contributed by atoms with Crippen LogP contribution in [0.5, 0.6) is 0 Å². The molecule has 362 valence electrons. The van der Waals surface area contributed by atoms with Crippen LogP contribution >= 0.6 is 0 Å². The highest BCUT2D eigenvalue weighted by Gasteiger charge is 2.44. The molecular weight excluding hydrogens is 887 g/mol. The van der Waals surface area contributed by atoms with E-state index in [0.29, 0.717) is 42.1 Å². The normalized spacial score (nSPS) is 17.2. The molecular formula is C49H57N11O9. The van der Waals surface area contributed by atoms with E-state index in [9.17, 15) is 38.7 Å². The van der Waals surface area contributed by atoms with E-state index in [-0.39, 0.29) is 40.5 Å². The van der Waals surface area contributed by atoms with E-state index in [4.69, 9.17) is 5.11 Å². The molecule has 0 radical (unpaired) electrons. The third-order valence-corrected chi connectivity index (χ3v) is 13.9. The van der Waals surface area contributed by atoms with Crippen molar-refractivity contribution < 1.29 is 43.8 Å². The van der Waals surface area contributed by atoms with Crippen molar-refractivity contribution in [1.82, 2.24) is 44.2 Å². The molecule has 2 aromatic carbocycles. The van der Waals surface area contributed by atoms with Crippen LogP contribution in [-0.2, 0) is 16.1 Å². The molecule has 69 heavy (non-hydrogen) atoms. The summed E-state index contributed by atoms with van der Waals surface area (Å²) in [7, 11) is 0. The first-order valence-electron chi connectivity index (χ1n) is 23.3. The molecule has 4 fully saturated rings. The first-order chi connectivity index (χ1) is 33.1. The van der Waals surface area contributed by atoms with Crippen molar-refractivity contribution >= 4 is 75.5 Å². The van der Waals surface area contributed by atoms with Gasteiger partial charge in [-0.3, -0.25) is 19.3 Å². The Balaban J connectivity index is 0.000000155. The van der Waals surface area contributed by atoms with Crippen LogP contribution in [0.2, 0.25) is 0 Å². The lowest BCUT2D eigenvalue weighted by molar-refractivity contribution is -0.115. The fraction of sp³-hybridized carbons (Fsp3) is 0.408. The fourth-order valence-corrected chi connectivity index (χ4v) is 10.3. The average Bonchev–Trinajstić information content (AvgIpc) is 4.21. The minimum atomic E-state index is -0.972. The largest absolute Gasteiger partial charge is 0.478 e. The molecule has 10 rings (SSSR count). The molecule has 4 aromatic heterocycles. The lowest BCUT2D eigenvalue weighted by Crippen LogP contribution is -2.53. The second kappa shape index (κ2) is 20.3. The second-order valence-corrected chi connectivity index (χ2v) is 18.5. The quantitative estimate of drug-likeness (QED) is 0.0864. The van der Waals surface area contributed by atoms with Crippen molar-refractivity contribution in [3.63, 3.8) is 0 Å². The van der Waals surface area contributed by atoms with Crippen LogP contribution in [0.1, 0.15) is 115 Å². The molecule has 0 atom stereocenters. The number of nitrogens with zero attached hydrogens (tertiary/aromatic N) is 7. The molecule has 6 N–H and O–H groups in total.